The van der Waals surface area contributed by atoms with Crippen LogP contribution < -0.4 is 11.1 Å². The van der Waals surface area contributed by atoms with Crippen LogP contribution in [0, 0.1) is 5.92 Å². The summed E-state index contributed by atoms with van der Waals surface area (Å²) in [6.45, 7) is 4.11. The molecule has 1 aliphatic carbocycles. The Morgan fingerprint density at radius 1 is 1.50 bits per heavy atom. The summed E-state index contributed by atoms with van der Waals surface area (Å²) in [5, 5.41) is 12.1. The number of primary amides is 1. The van der Waals surface area contributed by atoms with Gasteiger partial charge in [-0.25, -0.2) is 0 Å². The van der Waals surface area contributed by atoms with Crippen molar-refractivity contribution in [2.75, 3.05) is 0 Å². The van der Waals surface area contributed by atoms with Crippen molar-refractivity contribution >= 4 is 11.8 Å². The van der Waals surface area contributed by atoms with Crippen LogP contribution in [0.25, 0.3) is 0 Å². The largest absolute Gasteiger partial charge is 0.393 e. The van der Waals surface area contributed by atoms with Crippen LogP contribution in [0.15, 0.2) is 11.6 Å². The summed E-state index contributed by atoms with van der Waals surface area (Å²) in [7, 11) is 0. The number of carbonyl (C=O) groups is 2. The van der Waals surface area contributed by atoms with E-state index in [0.29, 0.717) is 31.6 Å². The molecule has 0 aromatic carbocycles. The maximum Gasteiger partial charge on any atom is 0.240 e. The Hall–Kier alpha value is -1.36. The molecule has 1 unspecified atom stereocenters. The number of hydrogen-bond donors (Lipinski definition) is 3. The van der Waals surface area contributed by atoms with Gasteiger partial charge in [-0.05, 0) is 38.0 Å². The van der Waals surface area contributed by atoms with Gasteiger partial charge in [0.2, 0.25) is 11.8 Å². The summed E-state index contributed by atoms with van der Waals surface area (Å²) in [4.78, 5) is 23.2. The Balaban J connectivity index is 2.48. The predicted octanol–water partition coefficient (Wildman–Crippen LogP) is 1.25. The van der Waals surface area contributed by atoms with Crippen LogP contribution in [-0.2, 0) is 9.59 Å². The fourth-order valence-electron chi connectivity index (χ4n) is 2.23. The van der Waals surface area contributed by atoms with Crippen LogP contribution in [0.1, 0.15) is 52.4 Å². The minimum atomic E-state index is -0.642. The molecule has 5 nitrogen and oxygen atoms in total. The average Bonchev–Trinajstić information content (AvgIpc) is 2.38. The Labute approximate surface area is 120 Å². The molecule has 0 heterocycles. The number of aliphatic hydroxyl groups is 1. The molecule has 4 N–H and O–H groups in total. The first-order valence-corrected chi connectivity index (χ1v) is 7.33. The lowest BCUT2D eigenvalue weighted by Crippen LogP contribution is -2.44. The first-order valence-electron chi connectivity index (χ1n) is 7.33. The quantitative estimate of drug-likeness (QED) is 0.614. The molecule has 2 atom stereocenters. The van der Waals surface area contributed by atoms with Crippen LogP contribution in [0.2, 0.25) is 0 Å². The lowest BCUT2D eigenvalue weighted by atomic mass is 9.92. The summed E-state index contributed by atoms with van der Waals surface area (Å²) < 4.78 is 0. The topological polar surface area (TPSA) is 92.4 Å². The van der Waals surface area contributed by atoms with Crippen LogP contribution >= 0.6 is 0 Å². The van der Waals surface area contributed by atoms with E-state index in [0.717, 1.165) is 18.4 Å². The van der Waals surface area contributed by atoms with E-state index in [1.807, 2.05) is 6.08 Å². The van der Waals surface area contributed by atoms with Crippen molar-refractivity contribution in [2.24, 2.45) is 11.7 Å². The second kappa shape index (κ2) is 8.04. The summed E-state index contributed by atoms with van der Waals surface area (Å²) in [5.41, 5.74) is 6.44. The molecule has 0 saturated heterocycles. The average molecular weight is 282 g/mol. The van der Waals surface area contributed by atoms with E-state index in [2.05, 4.69) is 19.2 Å². The molecule has 0 spiro atoms. The molecule has 114 valence electrons. The fourth-order valence-corrected chi connectivity index (χ4v) is 2.23. The van der Waals surface area contributed by atoms with E-state index in [1.165, 1.54) is 0 Å². The molecule has 1 rings (SSSR count). The third-order valence-corrected chi connectivity index (χ3v) is 3.57. The Morgan fingerprint density at radius 2 is 2.20 bits per heavy atom. The molecule has 0 radical (unpaired) electrons. The van der Waals surface area contributed by atoms with Gasteiger partial charge in [0.25, 0.3) is 0 Å². The summed E-state index contributed by atoms with van der Waals surface area (Å²) in [6.07, 6.45) is 5.41. The van der Waals surface area contributed by atoms with E-state index >= 15 is 0 Å². The third kappa shape index (κ3) is 6.19. The van der Waals surface area contributed by atoms with Crippen molar-refractivity contribution in [3.63, 3.8) is 0 Å². The molecular formula is C15H26N2O3. The van der Waals surface area contributed by atoms with Gasteiger partial charge in [-0.15, -0.1) is 0 Å². The summed E-state index contributed by atoms with van der Waals surface area (Å²) in [6, 6.07) is -0.642. The molecule has 20 heavy (non-hydrogen) atoms. The zero-order chi connectivity index (χ0) is 15.1. The van der Waals surface area contributed by atoms with Crippen LogP contribution in [-0.4, -0.2) is 29.1 Å². The van der Waals surface area contributed by atoms with E-state index in [-0.39, 0.29) is 12.0 Å². The Morgan fingerprint density at radius 3 is 2.70 bits per heavy atom. The van der Waals surface area contributed by atoms with Crippen molar-refractivity contribution in [3.05, 3.63) is 11.6 Å². The van der Waals surface area contributed by atoms with Crippen LogP contribution in [0.5, 0.6) is 0 Å². The second-order valence-electron chi connectivity index (χ2n) is 5.95. The van der Waals surface area contributed by atoms with Gasteiger partial charge in [0.1, 0.15) is 6.04 Å². The maximum absolute atomic E-state index is 11.8. The lowest BCUT2D eigenvalue weighted by Gasteiger charge is -2.21. The first-order chi connectivity index (χ1) is 9.38. The number of amides is 2. The molecule has 1 aliphatic rings. The van der Waals surface area contributed by atoms with Crippen molar-refractivity contribution < 1.29 is 14.7 Å². The lowest BCUT2D eigenvalue weighted by molar-refractivity contribution is -0.127. The Bertz CT molecular complexity index is 377. The molecule has 0 aromatic rings. The number of hydrogen-bond acceptors (Lipinski definition) is 3. The van der Waals surface area contributed by atoms with Gasteiger partial charge in [-0.3, -0.25) is 9.59 Å². The van der Waals surface area contributed by atoms with E-state index < -0.39 is 11.9 Å². The number of nitrogens with one attached hydrogen (secondary N) is 1. The minimum absolute atomic E-state index is 0.126. The van der Waals surface area contributed by atoms with Gasteiger partial charge in [0, 0.05) is 6.42 Å². The number of rotatable bonds is 7. The van der Waals surface area contributed by atoms with E-state index in [1.54, 1.807) is 0 Å². The van der Waals surface area contributed by atoms with Gasteiger partial charge in [0.15, 0.2) is 0 Å². The molecule has 0 saturated carbocycles. The molecule has 0 bridgehead atoms. The summed E-state index contributed by atoms with van der Waals surface area (Å²) >= 11 is 0. The SMILES string of the molecule is CC(C)CCC(=O)NC(CC1=CC[C@H](O)CC1)C(N)=O. The molecule has 0 aromatic heterocycles. The highest BCUT2D eigenvalue weighted by atomic mass is 16.3. The molecule has 0 fully saturated rings. The van der Waals surface area contributed by atoms with Crippen LogP contribution in [0.4, 0.5) is 0 Å². The number of aliphatic hydroxyl groups excluding tert-OH is 1. The van der Waals surface area contributed by atoms with Crippen molar-refractivity contribution in [1.29, 1.82) is 0 Å². The minimum Gasteiger partial charge on any atom is -0.393 e. The fraction of sp³-hybridized carbons (Fsp3) is 0.733. The molecular weight excluding hydrogens is 256 g/mol. The highest BCUT2D eigenvalue weighted by Crippen LogP contribution is 2.22. The number of nitrogens with two attached hydrogens (primary N) is 1. The molecule has 2 amide bonds. The normalized spacial score (nSPS) is 20.4. The zero-order valence-corrected chi connectivity index (χ0v) is 12.4. The van der Waals surface area contributed by atoms with Gasteiger partial charge in [-0.1, -0.05) is 25.5 Å². The predicted molar refractivity (Wildman–Crippen MR) is 77.8 cm³/mol. The molecule has 0 aliphatic heterocycles. The standard InChI is InChI=1S/C15H26N2O3/c1-10(2)3-8-14(19)17-13(15(16)20)9-11-4-6-12(18)7-5-11/h4,10,12-13,18H,3,5-9H2,1-2H3,(H2,16,20)(H,17,19)/t12-,13?/m0/s1. The maximum atomic E-state index is 11.8. The zero-order valence-electron chi connectivity index (χ0n) is 12.4. The van der Waals surface area contributed by atoms with Crippen molar-refractivity contribution in [2.45, 2.75) is 64.5 Å². The first kappa shape index (κ1) is 16.7. The number of carbonyl (C=O) groups excluding carboxylic acids is 2. The molecule has 5 heteroatoms. The van der Waals surface area contributed by atoms with Gasteiger partial charge < -0.3 is 16.2 Å². The highest BCUT2D eigenvalue weighted by Gasteiger charge is 2.21. The smallest absolute Gasteiger partial charge is 0.240 e. The van der Waals surface area contributed by atoms with Crippen molar-refractivity contribution in [3.8, 4) is 0 Å². The summed E-state index contributed by atoms with van der Waals surface area (Å²) in [5.74, 6) is -0.177. The monoisotopic (exact) mass is 282 g/mol. The second-order valence-corrected chi connectivity index (χ2v) is 5.95. The van der Waals surface area contributed by atoms with Gasteiger partial charge in [-0.2, -0.15) is 0 Å². The Kier molecular flexibility index (Phi) is 6.71. The van der Waals surface area contributed by atoms with E-state index in [9.17, 15) is 14.7 Å². The highest BCUT2D eigenvalue weighted by molar-refractivity contribution is 5.86. The van der Waals surface area contributed by atoms with E-state index in [4.69, 9.17) is 5.73 Å². The van der Waals surface area contributed by atoms with Gasteiger partial charge >= 0.3 is 0 Å². The van der Waals surface area contributed by atoms with Crippen LogP contribution in [0.3, 0.4) is 0 Å². The third-order valence-electron chi connectivity index (χ3n) is 3.57. The van der Waals surface area contributed by atoms with Crippen molar-refractivity contribution in [1.82, 2.24) is 5.32 Å². The van der Waals surface area contributed by atoms with Gasteiger partial charge in [0.05, 0.1) is 6.10 Å².